The van der Waals surface area contributed by atoms with E-state index in [1.54, 1.807) is 0 Å². The topological polar surface area (TPSA) is 47.1 Å². The van der Waals surface area contributed by atoms with E-state index in [4.69, 9.17) is 0 Å². The van der Waals surface area contributed by atoms with Crippen molar-refractivity contribution in [1.82, 2.24) is 19.6 Å². The third-order valence-electron chi connectivity index (χ3n) is 7.00. The van der Waals surface area contributed by atoms with Gasteiger partial charge in [0, 0.05) is 58.4 Å². The molecule has 4 aliphatic rings. The first kappa shape index (κ1) is 19.6. The minimum absolute atomic E-state index is 0.0369. The molecule has 4 rings (SSSR count). The average Bonchev–Trinajstić information content (AvgIpc) is 2.68. The number of nitrogens with zero attached hydrogens (tertiary/aromatic N) is 4. The molecule has 0 bridgehead atoms. The van der Waals surface area contributed by atoms with E-state index in [9.17, 15) is 9.59 Å². The van der Waals surface area contributed by atoms with Crippen LogP contribution in [-0.4, -0.2) is 96.4 Å². The molecule has 28 heavy (non-hydrogen) atoms. The van der Waals surface area contributed by atoms with Crippen LogP contribution >= 0.6 is 0 Å². The lowest BCUT2D eigenvalue weighted by Gasteiger charge is -2.43. The van der Waals surface area contributed by atoms with Crippen molar-refractivity contribution in [3.05, 3.63) is 24.3 Å². The highest BCUT2D eigenvalue weighted by molar-refractivity contribution is 5.82. The van der Waals surface area contributed by atoms with Gasteiger partial charge in [0.05, 0.1) is 12.5 Å². The van der Waals surface area contributed by atoms with E-state index >= 15 is 0 Å². The van der Waals surface area contributed by atoms with Crippen LogP contribution in [-0.2, 0) is 9.59 Å². The molecule has 0 aromatic heterocycles. The monoisotopic (exact) mass is 386 g/mol. The molecule has 6 nitrogen and oxygen atoms in total. The molecule has 2 amide bonds. The Bertz CT molecular complexity index is 626. The van der Waals surface area contributed by atoms with E-state index in [0.717, 1.165) is 58.4 Å². The molecule has 1 saturated carbocycles. The Morgan fingerprint density at radius 2 is 1.50 bits per heavy atom. The number of amides is 2. The molecule has 2 unspecified atom stereocenters. The van der Waals surface area contributed by atoms with E-state index in [-0.39, 0.29) is 23.7 Å². The van der Waals surface area contributed by atoms with Gasteiger partial charge in [-0.3, -0.25) is 19.4 Å². The van der Waals surface area contributed by atoms with Crippen molar-refractivity contribution >= 4 is 11.8 Å². The van der Waals surface area contributed by atoms with Crippen molar-refractivity contribution < 1.29 is 9.59 Å². The van der Waals surface area contributed by atoms with Crippen molar-refractivity contribution in [2.24, 2.45) is 11.8 Å². The Kier molecular flexibility index (Phi) is 6.16. The maximum atomic E-state index is 12.8. The van der Waals surface area contributed by atoms with Gasteiger partial charge in [-0.25, -0.2) is 0 Å². The third kappa shape index (κ3) is 4.33. The Balaban J connectivity index is 1.19. The fourth-order valence-corrected chi connectivity index (χ4v) is 4.74. The Morgan fingerprint density at radius 1 is 0.857 bits per heavy atom. The number of piperazine rings is 2. The number of rotatable bonds is 4. The molecule has 0 N–H and O–H groups in total. The summed E-state index contributed by atoms with van der Waals surface area (Å²) < 4.78 is 0. The molecule has 2 saturated heterocycles. The first-order valence-corrected chi connectivity index (χ1v) is 11.0. The van der Waals surface area contributed by atoms with E-state index in [1.165, 1.54) is 19.3 Å². The number of allylic oxidation sites excluding steroid dienone is 3. The van der Waals surface area contributed by atoms with Crippen LogP contribution in [0.5, 0.6) is 0 Å². The minimum atomic E-state index is -0.0369. The van der Waals surface area contributed by atoms with Crippen molar-refractivity contribution in [1.29, 1.82) is 0 Å². The zero-order valence-electron chi connectivity index (χ0n) is 17.1. The second kappa shape index (κ2) is 8.78. The zero-order valence-corrected chi connectivity index (χ0v) is 17.1. The summed E-state index contributed by atoms with van der Waals surface area (Å²) in [4.78, 5) is 34.3. The first-order valence-electron chi connectivity index (χ1n) is 11.0. The number of hydrogen-bond donors (Lipinski definition) is 0. The molecule has 0 aromatic rings. The van der Waals surface area contributed by atoms with Gasteiger partial charge in [-0.15, -0.1) is 0 Å². The normalized spacial score (nSPS) is 29.8. The van der Waals surface area contributed by atoms with E-state index in [2.05, 4.69) is 22.8 Å². The van der Waals surface area contributed by atoms with Crippen LogP contribution in [0.2, 0.25) is 0 Å². The Labute approximate surface area is 168 Å². The quantitative estimate of drug-likeness (QED) is 0.729. The average molecular weight is 387 g/mol. The van der Waals surface area contributed by atoms with Crippen molar-refractivity contribution in [3.8, 4) is 0 Å². The fourth-order valence-electron chi connectivity index (χ4n) is 4.74. The van der Waals surface area contributed by atoms with Crippen LogP contribution in [0.4, 0.5) is 0 Å². The van der Waals surface area contributed by atoms with Crippen LogP contribution in [0.1, 0.15) is 26.2 Å². The SMILES string of the molecule is CC1C=CC=CC1C(=O)N1CCN(CC(=O)N2CCN(C3CCC3)CC2)CC1. The number of carbonyl (C=O) groups excluding carboxylic acids is 2. The van der Waals surface area contributed by atoms with Gasteiger partial charge in [-0.2, -0.15) is 0 Å². The van der Waals surface area contributed by atoms with Crippen LogP contribution in [0.25, 0.3) is 0 Å². The molecule has 0 spiro atoms. The van der Waals surface area contributed by atoms with Gasteiger partial charge in [-0.05, 0) is 18.8 Å². The lowest BCUT2D eigenvalue weighted by Crippen LogP contribution is -2.56. The Morgan fingerprint density at radius 3 is 2.11 bits per heavy atom. The van der Waals surface area contributed by atoms with Crippen molar-refractivity contribution in [2.75, 3.05) is 58.9 Å². The maximum absolute atomic E-state index is 12.8. The molecule has 6 heteroatoms. The fraction of sp³-hybridized carbons (Fsp3) is 0.727. The molecule has 2 heterocycles. The number of carbonyl (C=O) groups is 2. The molecular formula is C22H34N4O2. The van der Waals surface area contributed by atoms with Gasteiger partial charge in [0.25, 0.3) is 0 Å². The maximum Gasteiger partial charge on any atom is 0.236 e. The van der Waals surface area contributed by atoms with Crippen LogP contribution in [0.15, 0.2) is 24.3 Å². The van der Waals surface area contributed by atoms with Gasteiger partial charge in [0.2, 0.25) is 11.8 Å². The zero-order chi connectivity index (χ0) is 19.5. The molecule has 0 aromatic carbocycles. The van der Waals surface area contributed by atoms with Gasteiger partial charge in [0.1, 0.15) is 0 Å². The van der Waals surface area contributed by atoms with Gasteiger partial charge < -0.3 is 9.80 Å². The highest BCUT2D eigenvalue weighted by atomic mass is 16.2. The number of hydrogen-bond acceptors (Lipinski definition) is 4. The van der Waals surface area contributed by atoms with Crippen LogP contribution in [0, 0.1) is 11.8 Å². The molecule has 2 atom stereocenters. The summed E-state index contributed by atoms with van der Waals surface area (Å²) in [6.07, 6.45) is 12.1. The highest BCUT2D eigenvalue weighted by Crippen LogP contribution is 2.25. The minimum Gasteiger partial charge on any atom is -0.340 e. The smallest absolute Gasteiger partial charge is 0.236 e. The van der Waals surface area contributed by atoms with Crippen molar-refractivity contribution in [2.45, 2.75) is 32.2 Å². The summed E-state index contributed by atoms with van der Waals surface area (Å²) in [5.74, 6) is 0.703. The summed E-state index contributed by atoms with van der Waals surface area (Å²) in [6, 6.07) is 0.778. The predicted molar refractivity (Wildman–Crippen MR) is 110 cm³/mol. The predicted octanol–water partition coefficient (Wildman–Crippen LogP) is 1.21. The molecular weight excluding hydrogens is 352 g/mol. The summed E-state index contributed by atoms with van der Waals surface area (Å²) in [6.45, 7) is 9.42. The van der Waals surface area contributed by atoms with E-state index in [0.29, 0.717) is 6.54 Å². The first-order chi connectivity index (χ1) is 13.6. The molecule has 3 fully saturated rings. The second-order valence-corrected chi connectivity index (χ2v) is 8.76. The third-order valence-corrected chi connectivity index (χ3v) is 7.00. The lowest BCUT2D eigenvalue weighted by molar-refractivity contribution is -0.138. The molecule has 2 aliphatic heterocycles. The van der Waals surface area contributed by atoms with Crippen molar-refractivity contribution in [3.63, 3.8) is 0 Å². The van der Waals surface area contributed by atoms with Gasteiger partial charge >= 0.3 is 0 Å². The second-order valence-electron chi connectivity index (χ2n) is 8.76. The molecule has 2 aliphatic carbocycles. The summed E-state index contributed by atoms with van der Waals surface area (Å²) in [5, 5.41) is 0. The van der Waals surface area contributed by atoms with E-state index < -0.39 is 0 Å². The Hall–Kier alpha value is -1.66. The van der Waals surface area contributed by atoms with Crippen LogP contribution in [0.3, 0.4) is 0 Å². The van der Waals surface area contributed by atoms with Gasteiger partial charge in [-0.1, -0.05) is 37.6 Å². The molecule has 0 radical (unpaired) electrons. The van der Waals surface area contributed by atoms with Crippen LogP contribution < -0.4 is 0 Å². The summed E-state index contributed by atoms with van der Waals surface area (Å²) in [7, 11) is 0. The lowest BCUT2D eigenvalue weighted by atomic mass is 9.88. The molecule has 154 valence electrons. The standard InChI is InChI=1S/C22H34N4O2/c1-18-5-2-3-8-20(18)22(28)26-11-9-23(10-12-26)17-21(27)25-15-13-24(14-16-25)19-6-4-7-19/h2-3,5,8,18-20H,4,6-7,9-17H2,1H3. The highest BCUT2D eigenvalue weighted by Gasteiger charge is 2.32. The van der Waals surface area contributed by atoms with Gasteiger partial charge in [0.15, 0.2) is 0 Å². The summed E-state index contributed by atoms with van der Waals surface area (Å²) >= 11 is 0. The van der Waals surface area contributed by atoms with E-state index in [1.807, 2.05) is 28.0 Å². The largest absolute Gasteiger partial charge is 0.340 e. The summed E-state index contributed by atoms with van der Waals surface area (Å²) in [5.41, 5.74) is 0.